The average molecular weight is 613 g/mol. The predicted octanol–water partition coefficient (Wildman–Crippen LogP) is 11.5. The Bertz CT molecular complexity index is 1140. The van der Waals surface area contributed by atoms with Crippen LogP contribution in [-0.2, 0) is 32.1 Å². The number of aryl methyl sites for hydroxylation is 5. The van der Waals surface area contributed by atoms with E-state index in [9.17, 15) is 0 Å². The van der Waals surface area contributed by atoms with E-state index in [0.29, 0.717) is 0 Å². The summed E-state index contributed by atoms with van der Waals surface area (Å²) in [5, 5.41) is 3.46. The minimum absolute atomic E-state index is 0.774. The van der Waals surface area contributed by atoms with Crippen molar-refractivity contribution in [3.8, 4) is 0 Å². The maximum Gasteiger partial charge on any atom is 0.0401 e. The Kier molecular flexibility index (Phi) is 20.3. The molecule has 1 saturated heterocycles. The van der Waals surface area contributed by atoms with Crippen LogP contribution in [0.1, 0.15) is 139 Å². The third-order valence-corrected chi connectivity index (χ3v) is 9.39. The summed E-state index contributed by atoms with van der Waals surface area (Å²) in [5.74, 6) is 0.774. The largest absolute Gasteiger partial charge is 0.372 e. The van der Waals surface area contributed by atoms with E-state index in [1.807, 2.05) is 13.8 Å². The number of rotatable bonds is 16. The molecule has 0 saturated carbocycles. The number of nitrogens with one attached hydrogen (secondary N) is 1. The molecule has 250 valence electrons. The van der Waals surface area contributed by atoms with Gasteiger partial charge in [0, 0.05) is 18.8 Å². The van der Waals surface area contributed by atoms with E-state index >= 15 is 0 Å². The first kappa shape index (κ1) is 38.6. The van der Waals surface area contributed by atoms with E-state index in [2.05, 4.69) is 112 Å². The van der Waals surface area contributed by atoms with Gasteiger partial charge < -0.3 is 10.2 Å². The number of unbranched alkanes of at least 4 members (excludes halogenated alkanes) is 4. The van der Waals surface area contributed by atoms with Gasteiger partial charge >= 0.3 is 0 Å². The van der Waals surface area contributed by atoms with Crippen molar-refractivity contribution in [2.75, 3.05) is 31.1 Å². The van der Waals surface area contributed by atoms with Crippen LogP contribution in [0, 0.1) is 0 Å². The summed E-state index contributed by atoms with van der Waals surface area (Å²) in [6, 6.07) is 25.4. The highest BCUT2D eigenvalue weighted by Crippen LogP contribution is 2.26. The van der Waals surface area contributed by atoms with Crippen LogP contribution in [0.3, 0.4) is 0 Å². The molecular weight excluding hydrogens is 544 g/mol. The maximum atomic E-state index is 3.46. The molecule has 3 aromatic rings. The van der Waals surface area contributed by atoms with Gasteiger partial charge in [-0.3, -0.25) is 0 Å². The zero-order chi connectivity index (χ0) is 32.7. The fourth-order valence-corrected chi connectivity index (χ4v) is 6.48. The number of hydrogen-bond donors (Lipinski definition) is 1. The van der Waals surface area contributed by atoms with E-state index in [1.165, 1.54) is 112 Å². The smallest absolute Gasteiger partial charge is 0.0401 e. The minimum Gasteiger partial charge on any atom is -0.372 e. The number of nitrogens with zero attached hydrogens (tertiary/aromatic N) is 1. The van der Waals surface area contributed by atoms with Gasteiger partial charge in [-0.15, -0.1) is 0 Å². The summed E-state index contributed by atoms with van der Waals surface area (Å²) in [6.45, 7) is 19.9. The van der Waals surface area contributed by atoms with Gasteiger partial charge in [-0.2, -0.15) is 0 Å². The van der Waals surface area contributed by atoms with Gasteiger partial charge in [0.1, 0.15) is 0 Å². The van der Waals surface area contributed by atoms with Crippen molar-refractivity contribution in [3.05, 3.63) is 100 Å². The van der Waals surface area contributed by atoms with Crippen molar-refractivity contribution >= 4 is 5.69 Å². The molecule has 2 heteroatoms. The molecule has 0 unspecified atom stereocenters. The Labute approximate surface area is 279 Å². The fourth-order valence-electron chi connectivity index (χ4n) is 6.48. The third kappa shape index (κ3) is 13.7. The number of piperidine rings is 1. The van der Waals surface area contributed by atoms with E-state index < -0.39 is 0 Å². The van der Waals surface area contributed by atoms with E-state index in [4.69, 9.17) is 0 Å². The topological polar surface area (TPSA) is 15.3 Å². The second-order valence-electron chi connectivity index (χ2n) is 12.4. The van der Waals surface area contributed by atoms with Crippen molar-refractivity contribution in [1.29, 1.82) is 0 Å². The molecule has 0 radical (unpaired) electrons. The molecule has 0 aliphatic carbocycles. The lowest BCUT2D eigenvalue weighted by Gasteiger charge is -2.26. The summed E-state index contributed by atoms with van der Waals surface area (Å²) in [4.78, 5) is 2.53. The molecule has 0 aromatic heterocycles. The maximum absolute atomic E-state index is 3.46. The third-order valence-electron chi connectivity index (χ3n) is 9.39. The lowest BCUT2D eigenvalue weighted by Crippen LogP contribution is -2.26. The molecule has 0 atom stereocenters. The van der Waals surface area contributed by atoms with Crippen LogP contribution < -0.4 is 10.2 Å². The van der Waals surface area contributed by atoms with Crippen molar-refractivity contribution in [3.63, 3.8) is 0 Å². The van der Waals surface area contributed by atoms with Crippen LogP contribution in [0.5, 0.6) is 0 Å². The Morgan fingerprint density at radius 1 is 0.622 bits per heavy atom. The van der Waals surface area contributed by atoms with E-state index in [0.717, 1.165) is 31.7 Å². The van der Waals surface area contributed by atoms with Crippen LogP contribution in [0.25, 0.3) is 0 Å². The molecule has 1 aliphatic heterocycles. The molecule has 1 heterocycles. The lowest BCUT2D eigenvalue weighted by atomic mass is 9.89. The van der Waals surface area contributed by atoms with Gasteiger partial charge in [-0.1, -0.05) is 121 Å². The van der Waals surface area contributed by atoms with Gasteiger partial charge in [-0.05, 0) is 130 Å². The Hall–Kier alpha value is -2.58. The summed E-state index contributed by atoms with van der Waals surface area (Å²) < 4.78 is 0. The minimum atomic E-state index is 0.774. The molecule has 4 rings (SSSR count). The van der Waals surface area contributed by atoms with Gasteiger partial charge in [0.2, 0.25) is 0 Å². The van der Waals surface area contributed by atoms with Gasteiger partial charge in [-0.25, -0.2) is 0 Å². The van der Waals surface area contributed by atoms with Crippen molar-refractivity contribution < 1.29 is 0 Å². The first-order valence-corrected chi connectivity index (χ1v) is 18.9. The normalized spacial score (nSPS) is 13.0. The lowest BCUT2D eigenvalue weighted by molar-refractivity contribution is 0.460. The summed E-state index contributed by atoms with van der Waals surface area (Å²) >= 11 is 0. The SMILES string of the molecule is CC.CCCCN(CC)c1cc(CC)ccc1CC.CCc1ccccc1CCCCCCc1ccc(C2CCNCC2)cc1. The van der Waals surface area contributed by atoms with Gasteiger partial charge in [0.15, 0.2) is 0 Å². The summed E-state index contributed by atoms with van der Waals surface area (Å²) in [6.07, 6.45) is 16.4. The Morgan fingerprint density at radius 3 is 1.84 bits per heavy atom. The highest BCUT2D eigenvalue weighted by atomic mass is 15.1. The van der Waals surface area contributed by atoms with Gasteiger partial charge in [0.05, 0.1) is 0 Å². The van der Waals surface area contributed by atoms with Gasteiger partial charge in [0.25, 0.3) is 0 Å². The van der Waals surface area contributed by atoms with Crippen LogP contribution >= 0.6 is 0 Å². The molecule has 0 spiro atoms. The zero-order valence-corrected chi connectivity index (χ0v) is 30.4. The predicted molar refractivity (Wildman–Crippen MR) is 202 cm³/mol. The van der Waals surface area contributed by atoms with Crippen LogP contribution in [0.15, 0.2) is 66.7 Å². The molecule has 1 aliphatic rings. The molecule has 45 heavy (non-hydrogen) atoms. The number of benzene rings is 3. The standard InChI is InChI=1S/C25H35N.C16H27N.C2H6/c1-2-22-10-7-8-12-23(22)11-6-4-3-5-9-21-13-15-24(16-14-21)25-17-19-26-20-18-25;1-5-9-12-17(8-4)16-13-14(6-2)10-11-15(16)7-3;1-2/h7-8,10,12-16,25-26H,2-6,9,11,17-20H2,1H3;10-11,13H,5-9,12H2,1-4H3;1-2H3. The van der Waals surface area contributed by atoms with E-state index in [-0.39, 0.29) is 0 Å². The Morgan fingerprint density at radius 2 is 1.24 bits per heavy atom. The highest BCUT2D eigenvalue weighted by molar-refractivity contribution is 5.55. The molecular formula is C43H68N2. The molecule has 0 amide bonds. The Balaban J connectivity index is 0.000000323. The summed E-state index contributed by atoms with van der Waals surface area (Å²) in [5.41, 5.74) is 10.5. The molecule has 2 nitrogen and oxygen atoms in total. The van der Waals surface area contributed by atoms with Crippen LogP contribution in [0.4, 0.5) is 5.69 Å². The van der Waals surface area contributed by atoms with Crippen molar-refractivity contribution in [2.24, 2.45) is 0 Å². The number of anilines is 1. The monoisotopic (exact) mass is 613 g/mol. The van der Waals surface area contributed by atoms with Crippen molar-refractivity contribution in [1.82, 2.24) is 5.32 Å². The molecule has 1 fully saturated rings. The fraction of sp³-hybridized carbons (Fsp3) is 0.581. The first-order chi connectivity index (χ1) is 22.1. The van der Waals surface area contributed by atoms with Crippen LogP contribution in [0.2, 0.25) is 0 Å². The second kappa shape index (κ2) is 23.7. The zero-order valence-electron chi connectivity index (χ0n) is 30.4. The molecule has 0 bridgehead atoms. The van der Waals surface area contributed by atoms with Crippen molar-refractivity contribution in [2.45, 2.75) is 138 Å². The quantitative estimate of drug-likeness (QED) is 0.162. The molecule has 3 aromatic carbocycles. The highest BCUT2D eigenvalue weighted by Gasteiger charge is 2.14. The molecule has 1 N–H and O–H groups in total. The first-order valence-electron chi connectivity index (χ1n) is 18.9. The number of hydrogen-bond acceptors (Lipinski definition) is 2. The summed E-state index contributed by atoms with van der Waals surface area (Å²) in [7, 11) is 0. The van der Waals surface area contributed by atoms with E-state index in [1.54, 1.807) is 11.1 Å². The second-order valence-corrected chi connectivity index (χ2v) is 12.4. The average Bonchev–Trinajstić information content (AvgIpc) is 3.12. The van der Waals surface area contributed by atoms with Crippen LogP contribution in [-0.4, -0.2) is 26.2 Å².